The first-order valence-electron chi connectivity index (χ1n) is 4.54. The van der Waals surface area contributed by atoms with Crippen LogP contribution in [-0.4, -0.2) is 22.0 Å². The lowest BCUT2D eigenvalue weighted by atomic mass is 10.3. The average Bonchev–Trinajstić information content (AvgIpc) is 2.15. The van der Waals surface area contributed by atoms with Crippen molar-refractivity contribution in [1.29, 1.82) is 0 Å². The van der Waals surface area contributed by atoms with Crippen LogP contribution in [0.5, 0.6) is 0 Å². The molecule has 15 heavy (non-hydrogen) atoms. The molecular formula is C9H15N2O3P. The first-order valence-corrected chi connectivity index (χ1v) is 6.22. The van der Waals surface area contributed by atoms with Gasteiger partial charge in [-0.15, -0.1) is 0 Å². The molecule has 1 aromatic rings. The molecule has 0 spiro atoms. The summed E-state index contributed by atoms with van der Waals surface area (Å²) in [7, 11) is -3.99. The number of hydrogen-bond donors (Lipinski definition) is 4. The van der Waals surface area contributed by atoms with Gasteiger partial charge in [-0.05, 0) is 31.2 Å². The smallest absolute Gasteiger partial charge is 0.330 e. The largest absolute Gasteiger partial charge is 0.399 e. The molecule has 5 nitrogen and oxygen atoms in total. The molecule has 0 fully saturated rings. The molecule has 0 bridgehead atoms. The Morgan fingerprint density at radius 1 is 1.40 bits per heavy atom. The van der Waals surface area contributed by atoms with Crippen LogP contribution < -0.4 is 11.1 Å². The van der Waals surface area contributed by atoms with Crippen molar-refractivity contribution in [3.05, 3.63) is 24.3 Å². The van der Waals surface area contributed by atoms with Gasteiger partial charge < -0.3 is 20.8 Å². The van der Waals surface area contributed by atoms with E-state index in [1.807, 2.05) is 0 Å². The summed E-state index contributed by atoms with van der Waals surface area (Å²) < 4.78 is 10.8. The lowest BCUT2D eigenvalue weighted by Crippen LogP contribution is -2.16. The minimum absolute atomic E-state index is 0.230. The monoisotopic (exact) mass is 230 g/mol. The zero-order valence-corrected chi connectivity index (χ0v) is 9.32. The molecule has 0 saturated carbocycles. The summed E-state index contributed by atoms with van der Waals surface area (Å²) in [6, 6.07) is 6.98. The standard InChI is InChI=1S/C9H15N2O3P/c1-7(15(12,13)14)6-11-9-4-2-8(10)3-5-9/h2-5,7,11H,6,10H2,1H3,(H2,12,13,14). The average molecular weight is 230 g/mol. The zero-order chi connectivity index (χ0) is 11.5. The van der Waals surface area contributed by atoms with Crippen LogP contribution in [0.15, 0.2) is 24.3 Å². The van der Waals surface area contributed by atoms with Crippen molar-refractivity contribution >= 4 is 19.0 Å². The minimum atomic E-state index is -3.99. The normalized spacial score (nSPS) is 13.5. The summed E-state index contributed by atoms with van der Waals surface area (Å²) in [4.78, 5) is 17.7. The second kappa shape index (κ2) is 4.66. The van der Waals surface area contributed by atoms with E-state index in [-0.39, 0.29) is 6.54 Å². The quantitative estimate of drug-likeness (QED) is 0.461. The maximum Gasteiger partial charge on any atom is 0.330 e. The Balaban J connectivity index is 2.51. The summed E-state index contributed by atoms with van der Waals surface area (Å²) >= 11 is 0. The molecular weight excluding hydrogens is 215 g/mol. The zero-order valence-electron chi connectivity index (χ0n) is 8.42. The van der Waals surface area contributed by atoms with Crippen molar-refractivity contribution in [2.45, 2.75) is 12.6 Å². The molecule has 5 N–H and O–H groups in total. The first kappa shape index (κ1) is 12.0. The van der Waals surface area contributed by atoms with E-state index in [1.54, 1.807) is 24.3 Å². The van der Waals surface area contributed by atoms with Crippen LogP contribution in [0.3, 0.4) is 0 Å². The van der Waals surface area contributed by atoms with Gasteiger partial charge in [0, 0.05) is 17.9 Å². The van der Waals surface area contributed by atoms with Crippen LogP contribution in [0.2, 0.25) is 0 Å². The molecule has 1 unspecified atom stereocenters. The Labute approximate surface area is 88.5 Å². The lowest BCUT2D eigenvalue weighted by molar-refractivity contribution is 0.362. The molecule has 1 atom stereocenters. The molecule has 0 saturated heterocycles. The second-order valence-corrected chi connectivity index (χ2v) is 5.50. The number of benzene rings is 1. The SMILES string of the molecule is CC(CNc1ccc(N)cc1)P(=O)(O)O. The summed E-state index contributed by atoms with van der Waals surface area (Å²) in [5.41, 5.74) is 6.25. The van der Waals surface area contributed by atoms with Gasteiger partial charge >= 0.3 is 7.60 Å². The summed E-state index contributed by atoms with van der Waals surface area (Å²) in [5.74, 6) is 0. The van der Waals surface area contributed by atoms with Gasteiger partial charge in [-0.3, -0.25) is 4.57 Å². The fourth-order valence-electron chi connectivity index (χ4n) is 0.985. The Morgan fingerprint density at radius 2 is 1.93 bits per heavy atom. The van der Waals surface area contributed by atoms with E-state index in [9.17, 15) is 4.57 Å². The van der Waals surface area contributed by atoms with Gasteiger partial charge in [0.05, 0.1) is 5.66 Å². The molecule has 1 aromatic carbocycles. The van der Waals surface area contributed by atoms with Crippen molar-refractivity contribution in [1.82, 2.24) is 0 Å². The minimum Gasteiger partial charge on any atom is -0.399 e. The van der Waals surface area contributed by atoms with Gasteiger partial charge in [-0.1, -0.05) is 0 Å². The van der Waals surface area contributed by atoms with Crippen molar-refractivity contribution in [2.24, 2.45) is 0 Å². The van der Waals surface area contributed by atoms with Crippen LogP contribution in [0.4, 0.5) is 11.4 Å². The van der Waals surface area contributed by atoms with E-state index in [4.69, 9.17) is 15.5 Å². The Hall–Kier alpha value is -1.03. The van der Waals surface area contributed by atoms with E-state index in [0.717, 1.165) is 5.69 Å². The molecule has 0 amide bonds. The van der Waals surface area contributed by atoms with Crippen LogP contribution in [0.1, 0.15) is 6.92 Å². The highest BCUT2D eigenvalue weighted by molar-refractivity contribution is 7.52. The van der Waals surface area contributed by atoms with Crippen molar-refractivity contribution in [2.75, 3.05) is 17.6 Å². The maximum atomic E-state index is 10.8. The van der Waals surface area contributed by atoms with Crippen molar-refractivity contribution in [3.63, 3.8) is 0 Å². The third-order valence-corrected chi connectivity index (χ3v) is 3.42. The Morgan fingerprint density at radius 3 is 2.40 bits per heavy atom. The summed E-state index contributed by atoms with van der Waals surface area (Å²) in [5, 5.41) is 2.93. The molecule has 0 aromatic heterocycles. The molecule has 0 aliphatic rings. The van der Waals surface area contributed by atoms with Gasteiger partial charge in [0.25, 0.3) is 0 Å². The highest BCUT2D eigenvalue weighted by atomic mass is 31.2. The Bertz CT molecular complexity index is 360. The molecule has 0 radical (unpaired) electrons. The number of nitrogens with two attached hydrogens (primary N) is 1. The van der Waals surface area contributed by atoms with E-state index < -0.39 is 13.3 Å². The maximum absolute atomic E-state index is 10.8. The van der Waals surface area contributed by atoms with Crippen molar-refractivity contribution in [3.8, 4) is 0 Å². The molecule has 84 valence electrons. The Kier molecular flexibility index (Phi) is 3.74. The fraction of sp³-hybridized carbons (Fsp3) is 0.333. The summed E-state index contributed by atoms with van der Waals surface area (Å²) in [6.07, 6.45) is 0. The highest BCUT2D eigenvalue weighted by Gasteiger charge is 2.23. The third-order valence-electron chi connectivity index (χ3n) is 2.09. The predicted molar refractivity (Wildman–Crippen MR) is 60.9 cm³/mol. The number of rotatable bonds is 4. The van der Waals surface area contributed by atoms with Gasteiger partial charge in [-0.25, -0.2) is 0 Å². The van der Waals surface area contributed by atoms with Crippen LogP contribution in [-0.2, 0) is 4.57 Å². The van der Waals surface area contributed by atoms with Crippen LogP contribution >= 0.6 is 7.60 Å². The molecule has 0 aliphatic carbocycles. The number of hydrogen-bond acceptors (Lipinski definition) is 3. The van der Waals surface area contributed by atoms with Gasteiger partial charge in [0.1, 0.15) is 0 Å². The third kappa shape index (κ3) is 3.91. The topological polar surface area (TPSA) is 95.6 Å². The van der Waals surface area contributed by atoms with E-state index >= 15 is 0 Å². The van der Waals surface area contributed by atoms with Gasteiger partial charge in [-0.2, -0.15) is 0 Å². The van der Waals surface area contributed by atoms with E-state index in [0.29, 0.717) is 5.69 Å². The lowest BCUT2D eigenvalue weighted by Gasteiger charge is -2.14. The fourth-order valence-corrected chi connectivity index (χ4v) is 1.31. The highest BCUT2D eigenvalue weighted by Crippen LogP contribution is 2.40. The predicted octanol–water partition coefficient (Wildman–Crippen LogP) is 1.25. The van der Waals surface area contributed by atoms with Gasteiger partial charge in [0.2, 0.25) is 0 Å². The number of nitrogen functional groups attached to an aromatic ring is 1. The van der Waals surface area contributed by atoms with Crippen LogP contribution in [0.25, 0.3) is 0 Å². The molecule has 0 aliphatic heterocycles. The molecule has 6 heteroatoms. The number of anilines is 2. The number of nitrogens with one attached hydrogen (secondary N) is 1. The molecule has 1 rings (SSSR count). The molecule has 0 heterocycles. The van der Waals surface area contributed by atoms with E-state index in [2.05, 4.69) is 5.32 Å². The van der Waals surface area contributed by atoms with Gasteiger partial charge in [0.15, 0.2) is 0 Å². The first-order chi connectivity index (χ1) is 6.89. The summed E-state index contributed by atoms with van der Waals surface area (Å²) in [6.45, 7) is 1.74. The second-order valence-electron chi connectivity index (χ2n) is 3.44. The van der Waals surface area contributed by atoms with Crippen molar-refractivity contribution < 1.29 is 14.4 Å². The van der Waals surface area contributed by atoms with E-state index in [1.165, 1.54) is 6.92 Å². The van der Waals surface area contributed by atoms with Crippen LogP contribution in [0, 0.1) is 0 Å².